The number of pyridine rings is 1. The van der Waals surface area contributed by atoms with Crippen LogP contribution < -0.4 is 21.7 Å². The second-order valence-electron chi connectivity index (χ2n) is 5.04. The van der Waals surface area contributed by atoms with Gasteiger partial charge in [0.05, 0.1) is 12.5 Å². The molecule has 114 valence electrons. The minimum atomic E-state index is 0. The summed E-state index contributed by atoms with van der Waals surface area (Å²) in [4.78, 5) is 0. The Hall–Kier alpha value is -2.26. The van der Waals surface area contributed by atoms with Crippen molar-refractivity contribution in [1.82, 2.24) is 0 Å². The molecule has 0 fully saturated rings. The molecule has 2 aromatic carbocycles. The summed E-state index contributed by atoms with van der Waals surface area (Å²) < 4.78 is 7.25. The van der Waals surface area contributed by atoms with Crippen LogP contribution in [0.4, 0.5) is 0 Å². The van der Waals surface area contributed by atoms with E-state index in [0.717, 1.165) is 23.7 Å². The largest absolute Gasteiger partial charge is 1.00 e. The number of phenols is 1. The first kappa shape index (κ1) is 16.1. The van der Waals surface area contributed by atoms with Crippen LogP contribution in [0.3, 0.4) is 0 Å². The number of hydrogen-bond acceptors (Lipinski definition) is 2. The monoisotopic (exact) mass is 315 g/mol. The van der Waals surface area contributed by atoms with Crippen molar-refractivity contribution in [3.8, 4) is 11.5 Å². The van der Waals surface area contributed by atoms with Gasteiger partial charge >= 0.3 is 0 Å². The minimum Gasteiger partial charge on any atom is -1.00 e. The Morgan fingerprint density at radius 1 is 1.05 bits per heavy atom. The van der Waals surface area contributed by atoms with E-state index in [-0.39, 0.29) is 18.2 Å². The molecule has 0 bridgehead atoms. The highest BCUT2D eigenvalue weighted by Gasteiger charge is 2.11. The summed E-state index contributed by atoms with van der Waals surface area (Å²) in [5.41, 5.74) is 1.31. The smallest absolute Gasteiger partial charge is 0.180 e. The van der Waals surface area contributed by atoms with Gasteiger partial charge in [0.1, 0.15) is 0 Å². The highest BCUT2D eigenvalue weighted by atomic mass is 35.5. The van der Waals surface area contributed by atoms with Gasteiger partial charge in [-0.25, -0.2) is 4.57 Å². The molecular weight excluding hydrogens is 298 g/mol. The van der Waals surface area contributed by atoms with Crippen molar-refractivity contribution in [2.24, 2.45) is 0 Å². The van der Waals surface area contributed by atoms with E-state index in [2.05, 4.69) is 28.8 Å². The van der Waals surface area contributed by atoms with E-state index in [9.17, 15) is 5.11 Å². The van der Waals surface area contributed by atoms with Crippen LogP contribution >= 0.6 is 0 Å². The van der Waals surface area contributed by atoms with E-state index in [4.69, 9.17) is 4.74 Å². The van der Waals surface area contributed by atoms with Gasteiger partial charge in [0, 0.05) is 12.5 Å². The molecule has 1 aromatic heterocycles. The fourth-order valence-electron chi connectivity index (χ4n) is 2.48. The highest BCUT2D eigenvalue weighted by molar-refractivity contribution is 5.88. The normalized spacial score (nSPS) is 10.2. The molecule has 4 heteroatoms. The maximum atomic E-state index is 10.2. The van der Waals surface area contributed by atoms with E-state index >= 15 is 0 Å². The quantitative estimate of drug-likeness (QED) is 0.692. The summed E-state index contributed by atoms with van der Waals surface area (Å²) in [5.74, 6) is 0.701. The number of nitrogens with zero attached hydrogens (tertiary/aromatic N) is 1. The Labute approximate surface area is 136 Å². The van der Waals surface area contributed by atoms with Gasteiger partial charge in [-0.3, -0.25) is 0 Å². The number of ether oxygens (including phenoxy) is 1. The highest BCUT2D eigenvalue weighted by Crippen LogP contribution is 2.33. The van der Waals surface area contributed by atoms with Gasteiger partial charge in [-0.15, -0.1) is 0 Å². The van der Waals surface area contributed by atoms with Crippen LogP contribution in [-0.4, -0.2) is 12.2 Å². The predicted octanol–water partition coefficient (Wildman–Crippen LogP) is 0.0882. The number of benzene rings is 2. The summed E-state index contributed by atoms with van der Waals surface area (Å²) in [6.45, 7) is 0.872. The molecule has 0 unspecified atom stereocenters. The van der Waals surface area contributed by atoms with Crippen LogP contribution in [0.15, 0.2) is 60.9 Å². The van der Waals surface area contributed by atoms with Gasteiger partial charge in [0.15, 0.2) is 30.4 Å². The number of phenolic OH excluding ortho intramolecular Hbond substituents is 1. The van der Waals surface area contributed by atoms with Crippen molar-refractivity contribution in [3.05, 3.63) is 66.5 Å². The van der Waals surface area contributed by atoms with Crippen LogP contribution in [0, 0.1) is 0 Å². The topological polar surface area (TPSA) is 33.3 Å². The number of aromatic nitrogens is 1. The lowest BCUT2D eigenvalue weighted by molar-refractivity contribution is -0.695. The number of methoxy groups -OCH3 is 1. The molecule has 22 heavy (non-hydrogen) atoms. The number of fused-ring (bicyclic) bond motifs is 1. The Morgan fingerprint density at radius 2 is 1.82 bits per heavy atom. The first-order valence-corrected chi connectivity index (χ1v) is 7.00. The van der Waals surface area contributed by atoms with Gasteiger partial charge in [0.25, 0.3) is 0 Å². The fourth-order valence-corrected chi connectivity index (χ4v) is 2.48. The molecule has 0 atom stereocenters. The standard InChI is InChI=1S/C18H17NO2.ClH/c1-21-17-8-7-15-10-12-19(13-16(15)18(17)20)11-9-14-5-3-2-4-6-14;/h2-8,10,12-13H,9,11H2,1H3;1H. The molecule has 0 aliphatic rings. The second-order valence-corrected chi connectivity index (χ2v) is 5.04. The molecular formula is C18H18ClNO2. The summed E-state index contributed by atoms with van der Waals surface area (Å²) >= 11 is 0. The summed E-state index contributed by atoms with van der Waals surface area (Å²) in [6.07, 6.45) is 4.97. The van der Waals surface area contributed by atoms with E-state index in [1.54, 1.807) is 13.2 Å². The zero-order valence-electron chi connectivity index (χ0n) is 12.4. The van der Waals surface area contributed by atoms with E-state index in [1.165, 1.54) is 5.56 Å². The maximum Gasteiger partial charge on any atom is 0.180 e. The molecule has 3 rings (SSSR count). The predicted molar refractivity (Wildman–Crippen MR) is 82.5 cm³/mol. The van der Waals surface area contributed by atoms with E-state index in [0.29, 0.717) is 5.75 Å². The van der Waals surface area contributed by atoms with Crippen molar-refractivity contribution in [2.75, 3.05) is 7.11 Å². The van der Waals surface area contributed by atoms with Gasteiger partial charge in [-0.05, 0) is 23.1 Å². The average molecular weight is 316 g/mol. The van der Waals surface area contributed by atoms with Gasteiger partial charge < -0.3 is 22.3 Å². The third-order valence-corrected chi connectivity index (χ3v) is 3.68. The SMILES string of the molecule is COc1ccc2cc[n+](CCc3ccccc3)cc2c1O.[Cl-]. The van der Waals surface area contributed by atoms with Crippen molar-refractivity contribution < 1.29 is 26.8 Å². The first-order valence-electron chi connectivity index (χ1n) is 7.00. The number of aryl methyl sites for hydroxylation is 2. The Balaban J connectivity index is 0.00000176. The van der Waals surface area contributed by atoms with E-state index in [1.807, 2.05) is 30.6 Å². The molecule has 0 amide bonds. The number of hydrogen-bond donors (Lipinski definition) is 1. The first-order chi connectivity index (χ1) is 10.3. The van der Waals surface area contributed by atoms with Gasteiger partial charge in [0.2, 0.25) is 0 Å². The average Bonchev–Trinajstić information content (AvgIpc) is 2.54. The number of rotatable bonds is 4. The molecule has 0 aliphatic carbocycles. The fraction of sp³-hybridized carbons (Fsp3) is 0.167. The van der Waals surface area contributed by atoms with E-state index < -0.39 is 0 Å². The lowest BCUT2D eigenvalue weighted by Gasteiger charge is -2.06. The summed E-state index contributed by atoms with van der Waals surface area (Å²) in [7, 11) is 1.56. The third-order valence-electron chi connectivity index (χ3n) is 3.68. The van der Waals surface area contributed by atoms with Crippen molar-refractivity contribution in [1.29, 1.82) is 0 Å². The molecule has 0 radical (unpaired) electrons. The Morgan fingerprint density at radius 3 is 2.55 bits per heavy atom. The lowest BCUT2D eigenvalue weighted by atomic mass is 10.1. The number of aromatic hydroxyl groups is 1. The number of halogens is 1. The van der Waals surface area contributed by atoms with Crippen molar-refractivity contribution in [2.45, 2.75) is 13.0 Å². The molecule has 3 aromatic rings. The van der Waals surface area contributed by atoms with Crippen LogP contribution in [-0.2, 0) is 13.0 Å². The Kier molecular flexibility index (Phi) is 5.23. The minimum absolute atomic E-state index is 0. The molecule has 1 heterocycles. The second kappa shape index (κ2) is 7.14. The molecule has 0 aliphatic heterocycles. The van der Waals surface area contributed by atoms with Crippen molar-refractivity contribution >= 4 is 10.8 Å². The van der Waals surface area contributed by atoms with Crippen molar-refractivity contribution in [3.63, 3.8) is 0 Å². The zero-order chi connectivity index (χ0) is 14.7. The third kappa shape index (κ3) is 3.31. The van der Waals surface area contributed by atoms with Crippen LogP contribution in [0.5, 0.6) is 11.5 Å². The summed E-state index contributed by atoms with van der Waals surface area (Å²) in [6, 6.07) is 16.1. The molecule has 1 N–H and O–H groups in total. The van der Waals surface area contributed by atoms with Crippen LogP contribution in [0.1, 0.15) is 5.56 Å². The lowest BCUT2D eigenvalue weighted by Crippen LogP contribution is -3.00. The van der Waals surface area contributed by atoms with Gasteiger partial charge in [-0.1, -0.05) is 30.3 Å². The molecule has 3 nitrogen and oxygen atoms in total. The zero-order valence-corrected chi connectivity index (χ0v) is 13.1. The molecule has 0 saturated carbocycles. The summed E-state index contributed by atoms with van der Waals surface area (Å²) in [5, 5.41) is 12.0. The Bertz CT molecular complexity index is 760. The van der Waals surface area contributed by atoms with Crippen LogP contribution in [0.25, 0.3) is 10.8 Å². The molecule has 0 saturated heterocycles. The van der Waals surface area contributed by atoms with Gasteiger partial charge in [-0.2, -0.15) is 0 Å². The molecule has 0 spiro atoms. The van der Waals surface area contributed by atoms with Crippen LogP contribution in [0.2, 0.25) is 0 Å². The maximum absolute atomic E-state index is 10.2.